The fraction of sp³-hybridized carbons (Fsp3) is 0.567. The van der Waals surface area contributed by atoms with Crippen molar-refractivity contribution in [3.05, 3.63) is 38.7 Å². The number of aryl methyl sites for hydroxylation is 1. The Morgan fingerprint density at radius 2 is 1.87 bits per heavy atom. The van der Waals surface area contributed by atoms with Crippen LogP contribution in [0, 0.1) is 12.8 Å². The molecule has 0 aliphatic carbocycles. The van der Waals surface area contributed by atoms with E-state index in [9.17, 15) is 9.59 Å². The Morgan fingerprint density at radius 1 is 1.11 bits per heavy atom. The molecule has 2 fully saturated rings. The van der Waals surface area contributed by atoms with Crippen LogP contribution in [-0.2, 0) is 9.47 Å². The van der Waals surface area contributed by atoms with Crippen LogP contribution in [0.2, 0.25) is 10.0 Å². The number of nitrogens with one attached hydrogen (secondary N) is 2. The van der Waals surface area contributed by atoms with Crippen molar-refractivity contribution in [2.75, 3.05) is 69.3 Å². The number of H-pyrrole nitrogens is 1. The summed E-state index contributed by atoms with van der Waals surface area (Å²) < 4.78 is 11.2. The van der Waals surface area contributed by atoms with Gasteiger partial charge in [-0.15, -0.1) is 0 Å². The maximum atomic E-state index is 13.0. The van der Waals surface area contributed by atoms with Crippen molar-refractivity contribution >= 4 is 57.4 Å². The molecule has 15 heteroatoms. The van der Waals surface area contributed by atoms with Gasteiger partial charge in [0.25, 0.3) is 5.91 Å². The molecule has 0 saturated carbocycles. The number of hydrogen-bond donors (Lipinski definition) is 2. The van der Waals surface area contributed by atoms with Crippen LogP contribution < -0.4 is 15.1 Å². The number of aromatic amines is 1. The molecule has 0 aromatic carbocycles. The van der Waals surface area contributed by atoms with Gasteiger partial charge in [0.05, 0.1) is 41.2 Å². The maximum absolute atomic E-state index is 13.0. The first kappa shape index (κ1) is 33.4. The molecule has 1 amide bonds. The zero-order chi connectivity index (χ0) is 32.2. The van der Waals surface area contributed by atoms with E-state index in [0.717, 1.165) is 38.5 Å². The third kappa shape index (κ3) is 7.54. The highest BCUT2D eigenvalue weighted by atomic mass is 35.5. The Balaban J connectivity index is 1.30. The van der Waals surface area contributed by atoms with Crippen LogP contribution in [0.15, 0.2) is 12.4 Å². The van der Waals surface area contributed by atoms with E-state index in [-0.39, 0.29) is 35.4 Å². The lowest BCUT2D eigenvalue weighted by Gasteiger charge is -2.37. The first-order valence-electron chi connectivity index (χ1n) is 15.2. The number of methoxy groups -OCH3 is 1. The Kier molecular flexibility index (Phi) is 10.9. The SMILES string of the molecule is CCOC(=O)c1sc(N2CC[C@@H](NC(=O)c3[nH]c(C)c(Cl)c3Cl)[C@@H](OC)C2)nc1-c1cnc(N2CCN(CC(C)C)CC2)cn1. The predicted molar refractivity (Wildman–Crippen MR) is 177 cm³/mol. The summed E-state index contributed by atoms with van der Waals surface area (Å²) in [7, 11) is 1.61. The van der Waals surface area contributed by atoms with Crippen molar-refractivity contribution in [2.45, 2.75) is 46.3 Å². The second kappa shape index (κ2) is 14.6. The molecule has 2 N–H and O–H groups in total. The van der Waals surface area contributed by atoms with E-state index in [1.165, 1.54) is 11.3 Å². The van der Waals surface area contributed by atoms with E-state index in [0.29, 0.717) is 57.5 Å². The van der Waals surface area contributed by atoms with E-state index in [1.807, 2.05) is 0 Å². The summed E-state index contributed by atoms with van der Waals surface area (Å²) in [4.78, 5) is 50.3. The minimum absolute atomic E-state index is 0.195. The van der Waals surface area contributed by atoms with Crippen molar-refractivity contribution in [1.29, 1.82) is 0 Å². The summed E-state index contributed by atoms with van der Waals surface area (Å²) in [5, 5.41) is 4.19. The maximum Gasteiger partial charge on any atom is 0.350 e. The lowest BCUT2D eigenvalue weighted by Crippen LogP contribution is -2.55. The number of rotatable bonds is 10. The molecule has 45 heavy (non-hydrogen) atoms. The van der Waals surface area contributed by atoms with Crippen molar-refractivity contribution in [1.82, 2.24) is 30.2 Å². The van der Waals surface area contributed by atoms with Crippen LogP contribution in [0.4, 0.5) is 10.9 Å². The van der Waals surface area contributed by atoms with Crippen LogP contribution in [0.1, 0.15) is 53.0 Å². The van der Waals surface area contributed by atoms with E-state index in [2.05, 4.69) is 43.8 Å². The molecule has 0 radical (unpaired) electrons. The average molecular weight is 680 g/mol. The van der Waals surface area contributed by atoms with Gasteiger partial charge >= 0.3 is 5.97 Å². The lowest BCUT2D eigenvalue weighted by atomic mass is 10.0. The minimum atomic E-state index is -0.453. The summed E-state index contributed by atoms with van der Waals surface area (Å²) in [6.45, 7) is 14.1. The van der Waals surface area contributed by atoms with Crippen molar-refractivity contribution < 1.29 is 19.1 Å². The number of thiazole rings is 1. The van der Waals surface area contributed by atoms with E-state index < -0.39 is 5.97 Å². The minimum Gasteiger partial charge on any atom is -0.462 e. The number of halogens is 2. The predicted octanol–water partition coefficient (Wildman–Crippen LogP) is 4.52. The fourth-order valence-electron chi connectivity index (χ4n) is 5.70. The van der Waals surface area contributed by atoms with Gasteiger partial charge in [0.15, 0.2) is 5.13 Å². The van der Waals surface area contributed by atoms with Gasteiger partial charge in [-0.25, -0.2) is 19.7 Å². The largest absolute Gasteiger partial charge is 0.462 e. The third-order valence-corrected chi connectivity index (χ3v) is 10.1. The van der Waals surface area contributed by atoms with Gasteiger partial charge in [0.1, 0.15) is 27.8 Å². The first-order chi connectivity index (χ1) is 21.6. The van der Waals surface area contributed by atoms with Gasteiger partial charge in [-0.3, -0.25) is 9.69 Å². The van der Waals surface area contributed by atoms with Crippen LogP contribution in [0.5, 0.6) is 0 Å². The third-order valence-electron chi connectivity index (χ3n) is 8.01. The average Bonchev–Trinajstić information content (AvgIpc) is 3.59. The van der Waals surface area contributed by atoms with E-state index in [1.54, 1.807) is 33.4 Å². The zero-order valence-electron chi connectivity index (χ0n) is 26.2. The van der Waals surface area contributed by atoms with Crippen molar-refractivity contribution in [3.8, 4) is 11.4 Å². The Morgan fingerprint density at radius 3 is 2.47 bits per heavy atom. The highest BCUT2D eigenvalue weighted by molar-refractivity contribution is 7.17. The number of aromatic nitrogens is 4. The molecular weight excluding hydrogens is 639 g/mol. The van der Waals surface area contributed by atoms with E-state index in [4.69, 9.17) is 42.6 Å². The first-order valence-corrected chi connectivity index (χ1v) is 16.8. The number of anilines is 2. The molecule has 2 aliphatic rings. The molecule has 0 bridgehead atoms. The standard InChI is InChI=1S/C30H40Cl2N8O4S/c1-6-44-29(42)27-25(20-13-34-22(14-33-20)39-11-9-38(10-12-39)15-17(2)3)37-30(45-27)40-8-7-19(21(16-40)43-5)36-28(41)26-24(32)23(31)18(4)35-26/h13-14,17,19,21,35H,6-12,15-16H2,1-5H3,(H,36,41)/t19-,21+/m1/s1. The number of carbonyl (C=O) groups is 2. The topological polar surface area (TPSA) is 129 Å². The van der Waals surface area contributed by atoms with Crippen LogP contribution in [-0.4, -0.2) is 108 Å². The van der Waals surface area contributed by atoms with Crippen molar-refractivity contribution in [2.24, 2.45) is 5.92 Å². The quantitative estimate of drug-likeness (QED) is 0.295. The fourth-order valence-corrected chi connectivity index (χ4v) is 7.12. The molecule has 244 valence electrons. The van der Waals surface area contributed by atoms with Gasteiger partial charge in [-0.05, 0) is 26.2 Å². The van der Waals surface area contributed by atoms with Crippen molar-refractivity contribution in [3.63, 3.8) is 0 Å². The second-order valence-corrected chi connectivity index (χ2v) is 13.4. The second-order valence-electron chi connectivity index (χ2n) is 11.7. The molecule has 12 nitrogen and oxygen atoms in total. The smallest absolute Gasteiger partial charge is 0.350 e. The number of piperazine rings is 1. The van der Waals surface area contributed by atoms with Gasteiger partial charge < -0.3 is 29.6 Å². The molecule has 2 saturated heterocycles. The molecule has 2 atom stereocenters. The summed E-state index contributed by atoms with van der Waals surface area (Å²) in [5.41, 5.74) is 1.79. The monoisotopic (exact) mass is 678 g/mol. The Hall–Kier alpha value is -2.97. The number of hydrogen-bond acceptors (Lipinski definition) is 11. The number of esters is 1. The molecule has 5 heterocycles. The number of piperidine rings is 1. The highest BCUT2D eigenvalue weighted by Crippen LogP contribution is 2.35. The molecule has 3 aromatic heterocycles. The number of nitrogens with zero attached hydrogens (tertiary/aromatic N) is 6. The Labute approximate surface area is 277 Å². The summed E-state index contributed by atoms with van der Waals surface area (Å²) in [5.74, 6) is 0.640. The Bertz CT molecular complexity index is 1490. The molecule has 0 spiro atoms. The summed E-state index contributed by atoms with van der Waals surface area (Å²) in [6, 6.07) is -0.271. The van der Waals surface area contributed by atoms with Gasteiger partial charge in [0, 0.05) is 58.6 Å². The number of ether oxygens (including phenoxy) is 2. The van der Waals surface area contributed by atoms with Crippen LogP contribution in [0.3, 0.4) is 0 Å². The van der Waals surface area contributed by atoms with E-state index >= 15 is 0 Å². The van der Waals surface area contributed by atoms with Gasteiger partial charge in [-0.2, -0.15) is 0 Å². The molecule has 5 rings (SSSR count). The van der Waals surface area contributed by atoms with Crippen LogP contribution >= 0.6 is 34.5 Å². The number of amides is 1. The summed E-state index contributed by atoms with van der Waals surface area (Å²) in [6.07, 6.45) is 3.67. The molecular formula is C30H40Cl2N8O4S. The number of carbonyl (C=O) groups excluding carboxylic acids is 2. The van der Waals surface area contributed by atoms with Gasteiger partial charge in [-0.1, -0.05) is 48.4 Å². The molecule has 3 aromatic rings. The summed E-state index contributed by atoms with van der Waals surface area (Å²) >= 11 is 13.7. The van der Waals surface area contributed by atoms with Gasteiger partial charge in [0.2, 0.25) is 0 Å². The molecule has 0 unspecified atom stereocenters. The highest BCUT2D eigenvalue weighted by Gasteiger charge is 2.34. The molecule has 2 aliphatic heterocycles. The lowest BCUT2D eigenvalue weighted by molar-refractivity contribution is 0.0531. The normalized spacial score (nSPS) is 19.3. The van der Waals surface area contributed by atoms with Crippen LogP contribution in [0.25, 0.3) is 11.4 Å². The zero-order valence-corrected chi connectivity index (χ0v) is 28.6.